The van der Waals surface area contributed by atoms with Crippen LogP contribution in [-0.2, 0) is 0 Å². The molecular formula is C14H15NO3. The van der Waals surface area contributed by atoms with Crippen LogP contribution in [0.5, 0.6) is 5.75 Å². The highest BCUT2D eigenvalue weighted by Gasteiger charge is 2.09. The van der Waals surface area contributed by atoms with Gasteiger partial charge in [-0.25, -0.2) is 0 Å². The predicted octanol–water partition coefficient (Wildman–Crippen LogP) is 2.83. The van der Waals surface area contributed by atoms with Crippen LogP contribution in [-0.4, -0.2) is 12.0 Å². The second kappa shape index (κ2) is 4.96. The van der Waals surface area contributed by atoms with Crippen LogP contribution in [0, 0.1) is 0 Å². The van der Waals surface area contributed by atoms with Gasteiger partial charge in [0.2, 0.25) is 0 Å². The van der Waals surface area contributed by atoms with Crippen molar-refractivity contribution in [2.45, 2.75) is 20.0 Å². The summed E-state index contributed by atoms with van der Waals surface area (Å²) in [5.74, 6) is 0.938. The van der Waals surface area contributed by atoms with Crippen LogP contribution in [0.3, 0.4) is 0 Å². The summed E-state index contributed by atoms with van der Waals surface area (Å²) < 4.78 is 11.0. The molecule has 18 heavy (non-hydrogen) atoms. The normalized spacial score (nSPS) is 10.6. The van der Waals surface area contributed by atoms with Crippen molar-refractivity contribution >= 4 is 5.91 Å². The summed E-state index contributed by atoms with van der Waals surface area (Å²) in [6, 6.07) is 10.8. The van der Waals surface area contributed by atoms with Gasteiger partial charge in [-0.2, -0.15) is 0 Å². The lowest BCUT2D eigenvalue weighted by atomic mass is 10.1. The van der Waals surface area contributed by atoms with E-state index in [1.54, 1.807) is 12.1 Å². The molecule has 0 aliphatic carbocycles. The van der Waals surface area contributed by atoms with E-state index in [1.165, 1.54) is 0 Å². The Morgan fingerprint density at radius 1 is 1.28 bits per heavy atom. The molecule has 0 spiro atoms. The van der Waals surface area contributed by atoms with E-state index in [0.717, 1.165) is 11.3 Å². The monoisotopic (exact) mass is 245 g/mol. The van der Waals surface area contributed by atoms with E-state index >= 15 is 0 Å². The Bertz CT molecular complexity index is 558. The Morgan fingerprint density at radius 2 is 2.06 bits per heavy atom. The molecule has 0 bridgehead atoms. The standard InChI is InChI=1S/C14H15NO3/c1-9(2)17-11-5-3-4-10(8-11)12-6-7-13(18-12)14(15)16/h3-9H,1-2H3,(H2,15,16). The topological polar surface area (TPSA) is 65.5 Å². The first-order valence-electron chi connectivity index (χ1n) is 5.73. The first-order chi connectivity index (χ1) is 8.56. The zero-order chi connectivity index (χ0) is 13.1. The lowest BCUT2D eigenvalue weighted by Gasteiger charge is -2.10. The third kappa shape index (κ3) is 2.71. The van der Waals surface area contributed by atoms with Crippen molar-refractivity contribution in [1.29, 1.82) is 0 Å². The van der Waals surface area contributed by atoms with Crippen molar-refractivity contribution in [3.63, 3.8) is 0 Å². The zero-order valence-electron chi connectivity index (χ0n) is 10.3. The molecule has 0 radical (unpaired) electrons. The van der Waals surface area contributed by atoms with Crippen LogP contribution >= 0.6 is 0 Å². The second-order valence-electron chi connectivity index (χ2n) is 4.22. The third-order valence-corrected chi connectivity index (χ3v) is 2.34. The van der Waals surface area contributed by atoms with E-state index in [-0.39, 0.29) is 11.9 Å². The Balaban J connectivity index is 2.29. The van der Waals surface area contributed by atoms with Crippen LogP contribution in [0.25, 0.3) is 11.3 Å². The summed E-state index contributed by atoms with van der Waals surface area (Å²) in [7, 11) is 0. The molecular weight excluding hydrogens is 230 g/mol. The number of carbonyl (C=O) groups is 1. The summed E-state index contributed by atoms with van der Waals surface area (Å²) in [6.07, 6.45) is 0.109. The molecule has 1 aromatic heterocycles. The number of primary amides is 1. The van der Waals surface area contributed by atoms with Crippen molar-refractivity contribution in [2.24, 2.45) is 5.73 Å². The van der Waals surface area contributed by atoms with Gasteiger partial charge in [0.05, 0.1) is 6.10 Å². The largest absolute Gasteiger partial charge is 0.491 e. The van der Waals surface area contributed by atoms with E-state index in [2.05, 4.69) is 0 Å². The molecule has 1 aromatic carbocycles. The molecule has 2 aromatic rings. The van der Waals surface area contributed by atoms with E-state index in [9.17, 15) is 4.79 Å². The van der Waals surface area contributed by atoms with E-state index in [1.807, 2.05) is 38.1 Å². The number of furan rings is 1. The molecule has 0 fully saturated rings. The molecule has 0 atom stereocenters. The summed E-state index contributed by atoms with van der Waals surface area (Å²) in [5, 5.41) is 0. The van der Waals surface area contributed by atoms with E-state index in [0.29, 0.717) is 5.76 Å². The van der Waals surface area contributed by atoms with Crippen LogP contribution in [0.15, 0.2) is 40.8 Å². The highest BCUT2D eigenvalue weighted by atomic mass is 16.5. The molecule has 0 saturated heterocycles. The van der Waals surface area contributed by atoms with Crippen LogP contribution in [0.2, 0.25) is 0 Å². The Morgan fingerprint density at radius 3 is 2.67 bits per heavy atom. The van der Waals surface area contributed by atoms with E-state index < -0.39 is 5.91 Å². The number of nitrogens with two attached hydrogens (primary N) is 1. The van der Waals surface area contributed by atoms with Gasteiger partial charge in [0.15, 0.2) is 5.76 Å². The predicted molar refractivity (Wildman–Crippen MR) is 68.4 cm³/mol. The summed E-state index contributed by atoms with van der Waals surface area (Å²) in [5.41, 5.74) is 5.99. The fourth-order valence-corrected chi connectivity index (χ4v) is 1.62. The van der Waals surface area contributed by atoms with Gasteiger partial charge in [0.1, 0.15) is 11.5 Å². The summed E-state index contributed by atoms with van der Waals surface area (Å²) in [4.78, 5) is 11.0. The molecule has 4 heteroatoms. The van der Waals surface area contributed by atoms with Gasteiger partial charge in [0.25, 0.3) is 5.91 Å². The maximum absolute atomic E-state index is 11.0. The highest BCUT2D eigenvalue weighted by Crippen LogP contribution is 2.26. The Hall–Kier alpha value is -2.23. The average Bonchev–Trinajstić information content (AvgIpc) is 2.77. The molecule has 0 aliphatic rings. The number of hydrogen-bond acceptors (Lipinski definition) is 3. The lowest BCUT2D eigenvalue weighted by molar-refractivity contribution is 0.0974. The number of hydrogen-bond donors (Lipinski definition) is 1. The maximum Gasteiger partial charge on any atom is 0.284 e. The first kappa shape index (κ1) is 12.2. The van der Waals surface area contributed by atoms with Crippen LogP contribution in [0.4, 0.5) is 0 Å². The van der Waals surface area contributed by atoms with Gasteiger partial charge in [-0.1, -0.05) is 12.1 Å². The quantitative estimate of drug-likeness (QED) is 0.900. The molecule has 2 N–H and O–H groups in total. The molecule has 1 amide bonds. The van der Waals surface area contributed by atoms with Gasteiger partial charge < -0.3 is 14.9 Å². The fourth-order valence-electron chi connectivity index (χ4n) is 1.62. The molecule has 0 aliphatic heterocycles. The van der Waals surface area contributed by atoms with Crippen molar-refractivity contribution in [3.8, 4) is 17.1 Å². The minimum Gasteiger partial charge on any atom is -0.491 e. The highest BCUT2D eigenvalue weighted by molar-refractivity contribution is 5.90. The molecule has 94 valence electrons. The minimum absolute atomic E-state index is 0.109. The number of ether oxygens (including phenoxy) is 1. The Labute approximate surface area is 105 Å². The molecule has 4 nitrogen and oxygen atoms in total. The van der Waals surface area contributed by atoms with E-state index in [4.69, 9.17) is 14.9 Å². The third-order valence-electron chi connectivity index (χ3n) is 2.34. The van der Waals surface area contributed by atoms with Gasteiger partial charge in [-0.05, 0) is 38.1 Å². The van der Waals surface area contributed by atoms with Crippen molar-refractivity contribution in [2.75, 3.05) is 0 Å². The smallest absolute Gasteiger partial charge is 0.284 e. The number of rotatable bonds is 4. The maximum atomic E-state index is 11.0. The molecule has 0 unspecified atom stereocenters. The molecule has 2 rings (SSSR count). The van der Waals surface area contributed by atoms with Crippen molar-refractivity contribution in [3.05, 3.63) is 42.2 Å². The van der Waals surface area contributed by atoms with Crippen molar-refractivity contribution in [1.82, 2.24) is 0 Å². The van der Waals surface area contributed by atoms with Gasteiger partial charge in [-0.3, -0.25) is 4.79 Å². The number of amides is 1. The number of benzene rings is 1. The van der Waals surface area contributed by atoms with Gasteiger partial charge in [0, 0.05) is 5.56 Å². The summed E-state index contributed by atoms with van der Waals surface area (Å²) in [6.45, 7) is 3.93. The molecule has 0 saturated carbocycles. The lowest BCUT2D eigenvalue weighted by Crippen LogP contribution is -2.09. The van der Waals surface area contributed by atoms with Crippen LogP contribution in [0.1, 0.15) is 24.4 Å². The van der Waals surface area contributed by atoms with Gasteiger partial charge in [-0.15, -0.1) is 0 Å². The zero-order valence-corrected chi connectivity index (χ0v) is 10.3. The van der Waals surface area contributed by atoms with Crippen molar-refractivity contribution < 1.29 is 13.9 Å². The minimum atomic E-state index is -0.573. The van der Waals surface area contributed by atoms with Crippen LogP contribution < -0.4 is 10.5 Å². The fraction of sp³-hybridized carbons (Fsp3) is 0.214. The second-order valence-corrected chi connectivity index (χ2v) is 4.22. The van der Waals surface area contributed by atoms with Gasteiger partial charge >= 0.3 is 0 Å². The SMILES string of the molecule is CC(C)Oc1cccc(-c2ccc(C(N)=O)o2)c1. The molecule has 1 heterocycles. The average molecular weight is 245 g/mol. The number of carbonyl (C=O) groups excluding carboxylic acids is 1. The Kier molecular flexibility index (Phi) is 3.37. The summed E-state index contributed by atoms with van der Waals surface area (Å²) >= 11 is 0. The first-order valence-corrected chi connectivity index (χ1v) is 5.73.